The van der Waals surface area contributed by atoms with Crippen LogP contribution >= 0.6 is 11.6 Å². The zero-order chi connectivity index (χ0) is 14.1. The van der Waals surface area contributed by atoms with Crippen LogP contribution in [-0.4, -0.2) is 6.79 Å². The molecule has 0 spiro atoms. The normalized spacial score (nSPS) is 12.6. The van der Waals surface area contributed by atoms with Gasteiger partial charge in [0.1, 0.15) is 11.6 Å². The monoisotopic (exact) mass is 297 g/mol. The van der Waals surface area contributed by atoms with E-state index < -0.39 is 11.6 Å². The number of rotatable bonds is 3. The summed E-state index contributed by atoms with van der Waals surface area (Å²) in [5.41, 5.74) is 1.18. The van der Waals surface area contributed by atoms with Crippen molar-refractivity contribution in [1.82, 2.24) is 0 Å². The summed E-state index contributed by atoms with van der Waals surface area (Å²) in [5, 5.41) is 3.37. The number of anilines is 1. The fourth-order valence-corrected chi connectivity index (χ4v) is 2.27. The molecule has 0 fully saturated rings. The highest BCUT2D eigenvalue weighted by atomic mass is 35.5. The van der Waals surface area contributed by atoms with E-state index >= 15 is 0 Å². The van der Waals surface area contributed by atoms with Crippen molar-refractivity contribution in [2.75, 3.05) is 12.1 Å². The van der Waals surface area contributed by atoms with Crippen LogP contribution in [0.3, 0.4) is 0 Å². The minimum absolute atomic E-state index is 0.140. The smallest absolute Gasteiger partial charge is 0.231 e. The average Bonchev–Trinajstić information content (AvgIpc) is 2.84. The molecule has 2 aromatic carbocycles. The predicted octanol–water partition coefficient (Wildman–Crippen LogP) is 3.96. The Bertz CT molecular complexity index is 644. The Hall–Kier alpha value is -2.01. The van der Waals surface area contributed by atoms with Gasteiger partial charge in [-0.3, -0.25) is 0 Å². The predicted molar refractivity (Wildman–Crippen MR) is 71.3 cm³/mol. The van der Waals surface area contributed by atoms with Crippen molar-refractivity contribution in [3.05, 3.63) is 52.6 Å². The second-order valence-electron chi connectivity index (χ2n) is 4.32. The molecule has 0 aliphatic carbocycles. The Morgan fingerprint density at radius 1 is 1.05 bits per heavy atom. The standard InChI is InChI=1S/C14H10ClF2NO2/c15-12-1-8(2-13-14(12)20-7-19-13)6-18-11-4-9(16)3-10(17)5-11/h1-5,18H,6-7H2. The fraction of sp³-hybridized carbons (Fsp3) is 0.143. The number of halogens is 3. The summed E-state index contributed by atoms with van der Waals surface area (Å²) >= 11 is 6.05. The highest BCUT2D eigenvalue weighted by Crippen LogP contribution is 2.39. The molecule has 0 unspecified atom stereocenters. The summed E-state index contributed by atoms with van der Waals surface area (Å²) in [6.45, 7) is 0.500. The SMILES string of the molecule is Fc1cc(F)cc(NCc2cc(Cl)c3c(c2)OCO3)c1. The van der Waals surface area contributed by atoms with Gasteiger partial charge in [0.25, 0.3) is 0 Å². The van der Waals surface area contributed by atoms with Gasteiger partial charge in [-0.15, -0.1) is 0 Å². The summed E-state index contributed by atoms with van der Waals surface area (Å²) < 4.78 is 36.6. The van der Waals surface area contributed by atoms with E-state index in [2.05, 4.69) is 5.32 Å². The second-order valence-corrected chi connectivity index (χ2v) is 4.73. The van der Waals surface area contributed by atoms with Crippen LogP contribution in [0.2, 0.25) is 5.02 Å². The Kier molecular flexibility index (Phi) is 3.36. The van der Waals surface area contributed by atoms with Crippen LogP contribution < -0.4 is 14.8 Å². The number of hydrogen-bond acceptors (Lipinski definition) is 3. The van der Waals surface area contributed by atoms with E-state index in [-0.39, 0.29) is 6.79 Å². The number of fused-ring (bicyclic) bond motifs is 1. The molecule has 0 aromatic heterocycles. The minimum atomic E-state index is -0.629. The van der Waals surface area contributed by atoms with Crippen molar-refractivity contribution in [3.63, 3.8) is 0 Å². The number of hydrogen-bond donors (Lipinski definition) is 1. The van der Waals surface area contributed by atoms with Gasteiger partial charge < -0.3 is 14.8 Å². The van der Waals surface area contributed by atoms with E-state index in [1.165, 1.54) is 12.1 Å². The zero-order valence-corrected chi connectivity index (χ0v) is 11.0. The van der Waals surface area contributed by atoms with Crippen LogP contribution in [0.5, 0.6) is 11.5 Å². The van der Waals surface area contributed by atoms with Crippen molar-refractivity contribution in [1.29, 1.82) is 0 Å². The van der Waals surface area contributed by atoms with Crippen molar-refractivity contribution < 1.29 is 18.3 Å². The molecule has 3 rings (SSSR count). The van der Waals surface area contributed by atoms with Crippen molar-refractivity contribution in [2.24, 2.45) is 0 Å². The first-order valence-electron chi connectivity index (χ1n) is 5.90. The van der Waals surface area contributed by atoms with Crippen LogP contribution in [0.4, 0.5) is 14.5 Å². The van der Waals surface area contributed by atoms with E-state index in [0.29, 0.717) is 28.8 Å². The topological polar surface area (TPSA) is 30.5 Å². The van der Waals surface area contributed by atoms with Gasteiger partial charge in [0, 0.05) is 18.3 Å². The molecule has 0 amide bonds. The molecule has 1 aliphatic rings. The van der Waals surface area contributed by atoms with Gasteiger partial charge in [0.2, 0.25) is 6.79 Å². The van der Waals surface area contributed by atoms with Gasteiger partial charge in [-0.1, -0.05) is 11.6 Å². The fourth-order valence-electron chi connectivity index (χ4n) is 1.98. The highest BCUT2D eigenvalue weighted by molar-refractivity contribution is 6.32. The lowest BCUT2D eigenvalue weighted by Gasteiger charge is -2.08. The van der Waals surface area contributed by atoms with Crippen LogP contribution in [-0.2, 0) is 6.54 Å². The van der Waals surface area contributed by atoms with Gasteiger partial charge >= 0.3 is 0 Å². The third-order valence-electron chi connectivity index (χ3n) is 2.85. The maximum Gasteiger partial charge on any atom is 0.231 e. The van der Waals surface area contributed by atoms with E-state index in [9.17, 15) is 8.78 Å². The molecule has 0 bridgehead atoms. The van der Waals surface area contributed by atoms with Crippen LogP contribution in [0.1, 0.15) is 5.56 Å². The largest absolute Gasteiger partial charge is 0.454 e. The van der Waals surface area contributed by atoms with E-state index in [0.717, 1.165) is 11.6 Å². The van der Waals surface area contributed by atoms with Crippen molar-refractivity contribution in [3.8, 4) is 11.5 Å². The van der Waals surface area contributed by atoms with Gasteiger partial charge in [0.15, 0.2) is 11.5 Å². The molecule has 1 aliphatic heterocycles. The van der Waals surface area contributed by atoms with E-state index in [1.807, 2.05) is 0 Å². The zero-order valence-electron chi connectivity index (χ0n) is 10.3. The molecule has 3 nitrogen and oxygen atoms in total. The Balaban J connectivity index is 1.77. The summed E-state index contributed by atoms with van der Waals surface area (Å²) in [4.78, 5) is 0. The summed E-state index contributed by atoms with van der Waals surface area (Å²) in [7, 11) is 0. The number of ether oxygens (including phenoxy) is 2. The summed E-state index contributed by atoms with van der Waals surface area (Å²) in [5.74, 6) is -0.167. The molecule has 0 radical (unpaired) electrons. The molecule has 0 saturated carbocycles. The lowest BCUT2D eigenvalue weighted by Crippen LogP contribution is -2.00. The van der Waals surface area contributed by atoms with Gasteiger partial charge in [-0.25, -0.2) is 8.78 Å². The van der Waals surface area contributed by atoms with Gasteiger partial charge in [0.05, 0.1) is 5.02 Å². The van der Waals surface area contributed by atoms with Crippen LogP contribution in [0.25, 0.3) is 0 Å². The summed E-state index contributed by atoms with van der Waals surface area (Å²) in [6, 6.07) is 6.76. The highest BCUT2D eigenvalue weighted by Gasteiger charge is 2.18. The quantitative estimate of drug-likeness (QED) is 0.930. The van der Waals surface area contributed by atoms with E-state index in [1.54, 1.807) is 12.1 Å². The molecular formula is C14H10ClF2NO2. The third kappa shape index (κ3) is 2.63. The maximum atomic E-state index is 13.1. The number of nitrogens with one attached hydrogen (secondary N) is 1. The van der Waals surface area contributed by atoms with Crippen LogP contribution in [0, 0.1) is 11.6 Å². The average molecular weight is 298 g/mol. The summed E-state index contributed by atoms with van der Waals surface area (Å²) in [6.07, 6.45) is 0. The van der Waals surface area contributed by atoms with Crippen molar-refractivity contribution in [2.45, 2.75) is 6.54 Å². The maximum absolute atomic E-state index is 13.1. The lowest BCUT2D eigenvalue weighted by molar-refractivity contribution is 0.174. The first-order chi connectivity index (χ1) is 9.61. The lowest BCUT2D eigenvalue weighted by atomic mass is 10.2. The van der Waals surface area contributed by atoms with Gasteiger partial charge in [-0.2, -0.15) is 0 Å². The minimum Gasteiger partial charge on any atom is -0.454 e. The molecule has 0 saturated heterocycles. The van der Waals surface area contributed by atoms with Crippen molar-refractivity contribution >= 4 is 17.3 Å². The second kappa shape index (κ2) is 5.17. The molecule has 20 heavy (non-hydrogen) atoms. The molecule has 104 valence electrons. The van der Waals surface area contributed by atoms with Crippen LogP contribution in [0.15, 0.2) is 30.3 Å². The Morgan fingerprint density at radius 3 is 2.55 bits per heavy atom. The molecule has 6 heteroatoms. The molecule has 2 aromatic rings. The molecule has 1 heterocycles. The Labute approximate surface area is 119 Å². The third-order valence-corrected chi connectivity index (χ3v) is 3.13. The molecule has 0 atom stereocenters. The first-order valence-corrected chi connectivity index (χ1v) is 6.27. The molecule has 1 N–H and O–H groups in total. The molecular weight excluding hydrogens is 288 g/mol. The number of benzene rings is 2. The first kappa shape index (κ1) is 13.0. The Morgan fingerprint density at radius 2 is 1.80 bits per heavy atom. The van der Waals surface area contributed by atoms with Gasteiger partial charge in [-0.05, 0) is 29.8 Å². The van der Waals surface area contributed by atoms with E-state index in [4.69, 9.17) is 21.1 Å².